The molecule has 0 bridgehead atoms. The maximum atomic E-state index is 5.07. The highest BCUT2D eigenvalue weighted by atomic mass is 15.0. The fourth-order valence-corrected chi connectivity index (χ4v) is 6.62. The molecule has 0 atom stereocenters. The highest BCUT2D eigenvalue weighted by molar-refractivity contribution is 6.20. The first kappa shape index (κ1) is 26.2. The second-order valence-corrected chi connectivity index (χ2v) is 11.7. The molecule has 9 rings (SSSR count). The van der Waals surface area contributed by atoms with Crippen molar-refractivity contribution in [2.24, 2.45) is 0 Å². The summed E-state index contributed by atoms with van der Waals surface area (Å²) in [5, 5.41) is 9.84. The van der Waals surface area contributed by atoms with Crippen LogP contribution < -0.4 is 0 Å². The van der Waals surface area contributed by atoms with E-state index in [0.717, 1.165) is 27.6 Å². The van der Waals surface area contributed by atoms with Gasteiger partial charge in [0.25, 0.3) is 0 Å². The van der Waals surface area contributed by atoms with E-state index in [1.54, 1.807) is 0 Å². The molecule has 1 aromatic heterocycles. The van der Waals surface area contributed by atoms with Crippen LogP contribution in [0.25, 0.3) is 88.4 Å². The van der Waals surface area contributed by atoms with Crippen LogP contribution in [0.3, 0.4) is 0 Å². The average molecular weight is 586 g/mol. The maximum Gasteiger partial charge on any atom is 0.164 e. The van der Waals surface area contributed by atoms with E-state index < -0.39 is 0 Å². The second kappa shape index (κ2) is 10.8. The maximum absolute atomic E-state index is 5.07. The second-order valence-electron chi connectivity index (χ2n) is 11.7. The summed E-state index contributed by atoms with van der Waals surface area (Å²) in [6.45, 7) is 0. The molecule has 0 saturated heterocycles. The van der Waals surface area contributed by atoms with Gasteiger partial charge < -0.3 is 0 Å². The van der Waals surface area contributed by atoms with Crippen LogP contribution in [0.5, 0.6) is 0 Å². The molecule has 9 aromatic rings. The molecule has 214 valence electrons. The molecular formula is C43H27N3. The summed E-state index contributed by atoms with van der Waals surface area (Å²) in [6.07, 6.45) is 0. The molecule has 0 aliphatic rings. The summed E-state index contributed by atoms with van der Waals surface area (Å²) in [7, 11) is 0. The molecule has 1 heterocycles. The minimum atomic E-state index is 0.648. The number of rotatable bonds is 4. The van der Waals surface area contributed by atoms with Gasteiger partial charge in [-0.2, -0.15) is 0 Å². The highest BCUT2D eigenvalue weighted by Crippen LogP contribution is 2.38. The summed E-state index contributed by atoms with van der Waals surface area (Å²) < 4.78 is 0. The van der Waals surface area contributed by atoms with Crippen molar-refractivity contribution in [1.29, 1.82) is 0 Å². The van der Waals surface area contributed by atoms with Gasteiger partial charge in [0, 0.05) is 16.7 Å². The Kier molecular flexibility index (Phi) is 6.14. The molecule has 3 nitrogen and oxygen atoms in total. The van der Waals surface area contributed by atoms with Crippen LogP contribution in [-0.4, -0.2) is 15.0 Å². The van der Waals surface area contributed by atoms with Crippen LogP contribution in [0.15, 0.2) is 164 Å². The monoisotopic (exact) mass is 585 g/mol. The standard InChI is InChI=1S/C43H27N3/c1-2-12-31(13-3-1)41-44-42(46-43(45-41)35-21-20-28-10-4-5-14-32(28)26-35)34-17-8-16-33(27-34)37-19-9-15-30-23-24-38-36-18-7-6-11-29(36)22-25-39(38)40(30)37/h1-27H. The molecule has 0 radical (unpaired) electrons. The third-order valence-corrected chi connectivity index (χ3v) is 8.87. The van der Waals surface area contributed by atoms with Gasteiger partial charge in [0.2, 0.25) is 0 Å². The first-order chi connectivity index (χ1) is 22.8. The molecule has 0 saturated carbocycles. The van der Waals surface area contributed by atoms with Gasteiger partial charge in [0.1, 0.15) is 0 Å². The Morgan fingerprint density at radius 2 is 0.848 bits per heavy atom. The zero-order valence-corrected chi connectivity index (χ0v) is 24.9. The molecule has 0 aliphatic heterocycles. The Balaban J connectivity index is 1.23. The van der Waals surface area contributed by atoms with Gasteiger partial charge in [0.05, 0.1) is 0 Å². The van der Waals surface area contributed by atoms with Crippen molar-refractivity contribution < 1.29 is 0 Å². The van der Waals surface area contributed by atoms with Gasteiger partial charge in [-0.15, -0.1) is 0 Å². The molecule has 3 heteroatoms. The first-order valence-electron chi connectivity index (χ1n) is 15.5. The minimum Gasteiger partial charge on any atom is -0.208 e. The normalized spacial score (nSPS) is 11.5. The predicted molar refractivity (Wildman–Crippen MR) is 192 cm³/mol. The van der Waals surface area contributed by atoms with Crippen molar-refractivity contribution in [2.75, 3.05) is 0 Å². The lowest BCUT2D eigenvalue weighted by Crippen LogP contribution is -2.00. The number of benzene rings is 8. The Hall–Kier alpha value is -6.19. The fraction of sp³-hybridized carbons (Fsp3) is 0. The van der Waals surface area contributed by atoms with Gasteiger partial charge >= 0.3 is 0 Å². The summed E-state index contributed by atoms with van der Waals surface area (Å²) in [6, 6.07) is 57.6. The third-order valence-electron chi connectivity index (χ3n) is 8.87. The Morgan fingerprint density at radius 3 is 1.70 bits per heavy atom. The van der Waals surface area contributed by atoms with Crippen LogP contribution in [0.1, 0.15) is 0 Å². The van der Waals surface area contributed by atoms with Crippen molar-refractivity contribution in [3.05, 3.63) is 164 Å². The van der Waals surface area contributed by atoms with E-state index in [2.05, 4.69) is 133 Å². The summed E-state index contributed by atoms with van der Waals surface area (Å²) in [5.74, 6) is 1.96. The number of aromatic nitrogens is 3. The lowest BCUT2D eigenvalue weighted by atomic mass is 9.91. The zero-order chi connectivity index (χ0) is 30.5. The zero-order valence-electron chi connectivity index (χ0n) is 24.9. The van der Waals surface area contributed by atoms with Crippen molar-refractivity contribution in [3.63, 3.8) is 0 Å². The Morgan fingerprint density at radius 1 is 0.283 bits per heavy atom. The summed E-state index contributed by atoms with van der Waals surface area (Å²) in [4.78, 5) is 15.1. The van der Waals surface area contributed by atoms with Crippen molar-refractivity contribution >= 4 is 43.1 Å². The SMILES string of the molecule is c1ccc(-c2nc(-c3cccc(-c4cccc5ccc6c7ccccc7ccc6c45)c3)nc(-c3ccc4ccccc4c3)n2)cc1. The van der Waals surface area contributed by atoms with Crippen molar-refractivity contribution in [3.8, 4) is 45.3 Å². The largest absolute Gasteiger partial charge is 0.208 e. The van der Waals surface area contributed by atoms with E-state index >= 15 is 0 Å². The fourth-order valence-electron chi connectivity index (χ4n) is 6.62. The highest BCUT2D eigenvalue weighted by Gasteiger charge is 2.15. The Bertz CT molecular complexity index is 2590. The molecule has 0 fully saturated rings. The number of fused-ring (bicyclic) bond motifs is 6. The number of hydrogen-bond acceptors (Lipinski definition) is 3. The number of nitrogens with zero attached hydrogens (tertiary/aromatic N) is 3. The Labute approximate surface area is 266 Å². The minimum absolute atomic E-state index is 0.648. The lowest BCUT2D eigenvalue weighted by molar-refractivity contribution is 1.07. The summed E-state index contributed by atoms with van der Waals surface area (Å²) in [5.41, 5.74) is 5.17. The van der Waals surface area contributed by atoms with Crippen LogP contribution in [0.4, 0.5) is 0 Å². The molecule has 0 N–H and O–H groups in total. The number of hydrogen-bond donors (Lipinski definition) is 0. The third kappa shape index (κ3) is 4.49. The summed E-state index contributed by atoms with van der Waals surface area (Å²) >= 11 is 0. The molecule has 8 aromatic carbocycles. The van der Waals surface area contributed by atoms with Crippen LogP contribution >= 0.6 is 0 Å². The van der Waals surface area contributed by atoms with Crippen molar-refractivity contribution in [1.82, 2.24) is 15.0 Å². The van der Waals surface area contributed by atoms with Crippen molar-refractivity contribution in [2.45, 2.75) is 0 Å². The predicted octanol–water partition coefficient (Wildman–Crippen LogP) is 11.2. The first-order valence-corrected chi connectivity index (χ1v) is 15.5. The van der Waals surface area contributed by atoms with Crippen LogP contribution in [0.2, 0.25) is 0 Å². The van der Waals surface area contributed by atoms with E-state index in [4.69, 9.17) is 15.0 Å². The van der Waals surface area contributed by atoms with Gasteiger partial charge in [-0.25, -0.2) is 15.0 Å². The van der Waals surface area contributed by atoms with E-state index in [0.29, 0.717) is 17.5 Å². The molecular weight excluding hydrogens is 558 g/mol. The molecule has 0 unspecified atom stereocenters. The molecule has 0 amide bonds. The topological polar surface area (TPSA) is 38.7 Å². The van der Waals surface area contributed by atoms with E-state index in [1.807, 2.05) is 30.3 Å². The molecule has 0 spiro atoms. The van der Waals surface area contributed by atoms with Gasteiger partial charge in [-0.3, -0.25) is 0 Å². The van der Waals surface area contributed by atoms with E-state index in [1.165, 1.54) is 43.3 Å². The van der Waals surface area contributed by atoms with E-state index in [9.17, 15) is 0 Å². The van der Waals surface area contributed by atoms with E-state index in [-0.39, 0.29) is 0 Å². The average Bonchev–Trinajstić information content (AvgIpc) is 3.14. The molecule has 0 aliphatic carbocycles. The lowest BCUT2D eigenvalue weighted by Gasteiger charge is -2.13. The smallest absolute Gasteiger partial charge is 0.164 e. The van der Waals surface area contributed by atoms with Gasteiger partial charge in [0.15, 0.2) is 17.5 Å². The molecule has 46 heavy (non-hydrogen) atoms. The van der Waals surface area contributed by atoms with Gasteiger partial charge in [-0.05, 0) is 66.3 Å². The van der Waals surface area contributed by atoms with Crippen LogP contribution in [-0.2, 0) is 0 Å². The quantitative estimate of drug-likeness (QED) is 0.193. The van der Waals surface area contributed by atoms with Crippen LogP contribution in [0, 0.1) is 0 Å². The van der Waals surface area contributed by atoms with Gasteiger partial charge in [-0.1, -0.05) is 152 Å².